The van der Waals surface area contributed by atoms with Crippen LogP contribution in [0, 0.1) is 11.8 Å². The van der Waals surface area contributed by atoms with Crippen LogP contribution >= 0.6 is 0 Å². The molecule has 2 aromatic rings. The van der Waals surface area contributed by atoms with E-state index in [2.05, 4.69) is 32.2 Å². The Morgan fingerprint density at radius 3 is 2.57 bits per heavy atom. The summed E-state index contributed by atoms with van der Waals surface area (Å²) >= 11 is 0. The molecule has 0 aromatic heterocycles. The second-order valence-corrected chi connectivity index (χ2v) is 9.02. The van der Waals surface area contributed by atoms with Crippen molar-refractivity contribution in [2.45, 2.75) is 38.0 Å². The summed E-state index contributed by atoms with van der Waals surface area (Å²) in [7, 11) is 0. The van der Waals surface area contributed by atoms with E-state index < -0.39 is 53.8 Å². The number of halogens is 3. The van der Waals surface area contributed by atoms with Crippen LogP contribution in [0.15, 0.2) is 48.5 Å². The maximum atomic E-state index is 13.1. The molecule has 35 heavy (non-hydrogen) atoms. The Kier molecular flexibility index (Phi) is 5.97. The number of nitrogens with one attached hydrogen (secondary N) is 4. The molecule has 0 radical (unpaired) electrons. The SMILES string of the molecule is O=C1CC(C(=O)Nc2cccc(C(F)(F)F)c2)C2C(=O)NC(N3CCc4ccccc4C3)NC2N1. The zero-order valence-electron chi connectivity index (χ0n) is 18.6. The number of rotatable bonds is 3. The number of hydrogen-bond donors (Lipinski definition) is 4. The normalized spacial score (nSPS) is 26.7. The molecule has 0 aliphatic carbocycles. The maximum absolute atomic E-state index is 13.1. The highest BCUT2D eigenvalue weighted by Gasteiger charge is 2.49. The first-order chi connectivity index (χ1) is 16.7. The van der Waals surface area contributed by atoms with Gasteiger partial charge in [0, 0.05) is 25.2 Å². The highest BCUT2D eigenvalue weighted by Crippen LogP contribution is 2.32. The van der Waals surface area contributed by atoms with Gasteiger partial charge in [0.1, 0.15) is 6.29 Å². The highest BCUT2D eigenvalue weighted by atomic mass is 19.4. The first-order valence-electron chi connectivity index (χ1n) is 11.3. The van der Waals surface area contributed by atoms with Crippen molar-refractivity contribution in [1.29, 1.82) is 0 Å². The molecule has 8 nitrogen and oxygen atoms in total. The number of anilines is 1. The predicted molar refractivity (Wildman–Crippen MR) is 119 cm³/mol. The van der Waals surface area contributed by atoms with Gasteiger partial charge in [0.2, 0.25) is 17.7 Å². The fraction of sp³-hybridized carbons (Fsp3) is 0.375. The Hall–Kier alpha value is -3.44. The van der Waals surface area contributed by atoms with E-state index in [0.717, 1.165) is 24.1 Å². The summed E-state index contributed by atoms with van der Waals surface area (Å²) in [5, 5.41) is 11.3. The average molecular weight is 487 g/mol. The molecular weight excluding hydrogens is 463 g/mol. The van der Waals surface area contributed by atoms with Crippen molar-refractivity contribution < 1.29 is 27.6 Å². The summed E-state index contributed by atoms with van der Waals surface area (Å²) in [6.07, 6.45) is -5.32. The van der Waals surface area contributed by atoms with Gasteiger partial charge < -0.3 is 16.0 Å². The number of fused-ring (bicyclic) bond motifs is 2. The van der Waals surface area contributed by atoms with Gasteiger partial charge in [-0.2, -0.15) is 13.2 Å². The topological polar surface area (TPSA) is 103 Å². The molecule has 4 unspecified atom stereocenters. The molecule has 3 aliphatic rings. The molecule has 184 valence electrons. The summed E-state index contributed by atoms with van der Waals surface area (Å²) in [5.41, 5.74) is 1.45. The zero-order valence-corrected chi connectivity index (χ0v) is 18.6. The van der Waals surface area contributed by atoms with Gasteiger partial charge in [-0.15, -0.1) is 0 Å². The standard InChI is InChI=1S/C24H24F3N5O3/c25-24(26,27)15-6-3-7-16(10-15)28-21(34)17-11-18(33)29-20-19(17)22(35)31-23(30-20)32-9-8-13-4-1-2-5-14(13)12-32/h1-7,10,17,19-20,23,30H,8-9,11-12H2,(H,28,34)(H,29,33)(H,31,35). The molecule has 0 spiro atoms. The van der Waals surface area contributed by atoms with Crippen molar-refractivity contribution in [1.82, 2.24) is 20.9 Å². The minimum atomic E-state index is -4.56. The molecule has 3 aliphatic heterocycles. The van der Waals surface area contributed by atoms with E-state index >= 15 is 0 Å². The smallest absolute Gasteiger partial charge is 0.340 e. The van der Waals surface area contributed by atoms with Gasteiger partial charge in [-0.25, -0.2) is 0 Å². The minimum Gasteiger partial charge on any atom is -0.340 e. The Labute approximate surface area is 199 Å². The summed E-state index contributed by atoms with van der Waals surface area (Å²) in [6, 6.07) is 12.3. The lowest BCUT2D eigenvalue weighted by Gasteiger charge is -2.47. The lowest BCUT2D eigenvalue weighted by molar-refractivity contribution is -0.147. The van der Waals surface area contributed by atoms with Crippen LogP contribution in [0.4, 0.5) is 18.9 Å². The molecule has 5 rings (SSSR count). The minimum absolute atomic E-state index is 0.0543. The van der Waals surface area contributed by atoms with Crippen molar-refractivity contribution in [3.63, 3.8) is 0 Å². The fourth-order valence-electron chi connectivity index (χ4n) is 5.00. The third-order valence-corrected chi connectivity index (χ3v) is 6.75. The first kappa shape index (κ1) is 23.3. The molecule has 3 heterocycles. The summed E-state index contributed by atoms with van der Waals surface area (Å²) in [6.45, 7) is 1.30. The summed E-state index contributed by atoms with van der Waals surface area (Å²) < 4.78 is 39.1. The number of hydrogen-bond acceptors (Lipinski definition) is 5. The lowest BCUT2D eigenvalue weighted by atomic mass is 9.81. The average Bonchev–Trinajstić information content (AvgIpc) is 2.82. The van der Waals surface area contributed by atoms with Crippen LogP contribution in [0.5, 0.6) is 0 Å². The van der Waals surface area contributed by atoms with Crippen LogP contribution in [0.25, 0.3) is 0 Å². The summed E-state index contributed by atoms with van der Waals surface area (Å²) in [4.78, 5) is 40.6. The van der Waals surface area contributed by atoms with E-state index in [1.165, 1.54) is 17.7 Å². The van der Waals surface area contributed by atoms with E-state index in [4.69, 9.17) is 0 Å². The molecule has 0 bridgehead atoms. The number of carbonyl (C=O) groups excluding carboxylic acids is 3. The number of nitrogens with zero attached hydrogens (tertiary/aromatic N) is 1. The van der Waals surface area contributed by atoms with Crippen LogP contribution in [0.3, 0.4) is 0 Å². The number of amides is 3. The number of carbonyl (C=O) groups is 3. The van der Waals surface area contributed by atoms with Gasteiger partial charge in [0.05, 0.1) is 23.6 Å². The van der Waals surface area contributed by atoms with Crippen LogP contribution in [-0.2, 0) is 33.5 Å². The van der Waals surface area contributed by atoms with Crippen molar-refractivity contribution in [3.8, 4) is 0 Å². The third-order valence-electron chi connectivity index (χ3n) is 6.75. The third kappa shape index (κ3) is 4.73. The van der Waals surface area contributed by atoms with Gasteiger partial charge in [0.25, 0.3) is 0 Å². The van der Waals surface area contributed by atoms with Crippen LogP contribution in [0.2, 0.25) is 0 Å². The Morgan fingerprint density at radius 1 is 1.03 bits per heavy atom. The fourth-order valence-corrected chi connectivity index (χ4v) is 5.00. The molecule has 4 atom stereocenters. The molecule has 4 N–H and O–H groups in total. The molecule has 0 saturated carbocycles. The molecule has 2 saturated heterocycles. The molecule has 3 amide bonds. The first-order valence-corrected chi connectivity index (χ1v) is 11.3. The van der Waals surface area contributed by atoms with Crippen LogP contribution in [-0.4, -0.2) is 41.6 Å². The van der Waals surface area contributed by atoms with Gasteiger partial charge >= 0.3 is 6.18 Å². The second-order valence-electron chi connectivity index (χ2n) is 9.02. The Morgan fingerprint density at radius 2 is 1.80 bits per heavy atom. The largest absolute Gasteiger partial charge is 0.416 e. The van der Waals surface area contributed by atoms with Crippen LogP contribution < -0.4 is 21.3 Å². The van der Waals surface area contributed by atoms with Crippen molar-refractivity contribution in [3.05, 3.63) is 65.2 Å². The number of benzene rings is 2. The van der Waals surface area contributed by atoms with E-state index in [1.54, 1.807) is 0 Å². The molecule has 2 aromatic carbocycles. The van der Waals surface area contributed by atoms with Crippen molar-refractivity contribution in [2.24, 2.45) is 11.8 Å². The molecular formula is C24H24F3N5O3. The van der Waals surface area contributed by atoms with Crippen molar-refractivity contribution in [2.75, 3.05) is 11.9 Å². The second kappa shape index (κ2) is 8.97. The quantitative estimate of drug-likeness (QED) is 0.529. The number of piperidine rings is 1. The van der Waals surface area contributed by atoms with Crippen LogP contribution in [0.1, 0.15) is 23.1 Å². The van der Waals surface area contributed by atoms with Gasteiger partial charge in [-0.1, -0.05) is 30.3 Å². The zero-order chi connectivity index (χ0) is 24.7. The monoisotopic (exact) mass is 487 g/mol. The van der Waals surface area contributed by atoms with Gasteiger partial charge in [0.15, 0.2) is 0 Å². The Balaban J connectivity index is 1.30. The van der Waals surface area contributed by atoms with Gasteiger partial charge in [-0.05, 0) is 35.7 Å². The lowest BCUT2D eigenvalue weighted by Crippen LogP contribution is -2.74. The van der Waals surface area contributed by atoms with E-state index in [1.807, 2.05) is 18.2 Å². The van der Waals surface area contributed by atoms with E-state index in [0.29, 0.717) is 13.1 Å². The van der Waals surface area contributed by atoms with Gasteiger partial charge in [-0.3, -0.25) is 24.6 Å². The predicted octanol–water partition coefficient (Wildman–Crippen LogP) is 1.78. The van der Waals surface area contributed by atoms with E-state index in [9.17, 15) is 27.6 Å². The Bertz CT molecular complexity index is 1170. The molecule has 11 heteroatoms. The highest BCUT2D eigenvalue weighted by molar-refractivity contribution is 6.00. The van der Waals surface area contributed by atoms with Crippen molar-refractivity contribution >= 4 is 23.4 Å². The molecule has 2 fully saturated rings. The van der Waals surface area contributed by atoms with E-state index in [-0.39, 0.29) is 12.1 Å². The maximum Gasteiger partial charge on any atom is 0.416 e. The summed E-state index contributed by atoms with van der Waals surface area (Å²) in [5.74, 6) is -3.45. The number of alkyl halides is 3.